The summed E-state index contributed by atoms with van der Waals surface area (Å²) >= 11 is 0. The van der Waals surface area contributed by atoms with Crippen LogP contribution in [0.15, 0.2) is 0 Å². The Morgan fingerprint density at radius 2 is 1.13 bits per heavy atom. The predicted octanol–water partition coefficient (Wildman–Crippen LogP) is -1.13. The molecule has 0 bridgehead atoms. The summed E-state index contributed by atoms with van der Waals surface area (Å²) in [4.78, 5) is 57.0. The summed E-state index contributed by atoms with van der Waals surface area (Å²) < 4.78 is 0. The van der Waals surface area contributed by atoms with E-state index in [9.17, 15) is 24.0 Å². The molecule has 0 aromatic rings. The van der Waals surface area contributed by atoms with Crippen molar-refractivity contribution in [3.8, 4) is 0 Å². The Morgan fingerprint density at radius 1 is 0.700 bits per heavy atom. The van der Waals surface area contributed by atoms with Crippen LogP contribution in [-0.2, 0) is 24.0 Å². The van der Waals surface area contributed by atoms with Gasteiger partial charge in [0.05, 0.1) is 0 Å². The van der Waals surface area contributed by atoms with E-state index in [-0.39, 0.29) is 49.4 Å². The average molecular weight is 430 g/mol. The van der Waals surface area contributed by atoms with Gasteiger partial charge in [0.15, 0.2) is 0 Å². The van der Waals surface area contributed by atoms with E-state index in [1.165, 1.54) is 6.92 Å². The van der Waals surface area contributed by atoms with Crippen LogP contribution in [0.1, 0.15) is 52.9 Å². The van der Waals surface area contributed by atoms with E-state index >= 15 is 0 Å². The molecule has 11 heteroatoms. The van der Waals surface area contributed by atoms with E-state index in [4.69, 9.17) is 5.11 Å². The summed E-state index contributed by atoms with van der Waals surface area (Å²) in [5, 5.41) is 22.2. The van der Waals surface area contributed by atoms with Crippen molar-refractivity contribution in [2.24, 2.45) is 0 Å². The lowest BCUT2D eigenvalue weighted by molar-refractivity contribution is -0.141. The van der Waals surface area contributed by atoms with Gasteiger partial charge in [-0.3, -0.25) is 24.0 Å². The zero-order valence-electron chi connectivity index (χ0n) is 18.0. The summed E-state index contributed by atoms with van der Waals surface area (Å²) in [5.41, 5.74) is 0. The molecule has 30 heavy (non-hydrogen) atoms. The molecule has 0 unspecified atom stereocenters. The van der Waals surface area contributed by atoms with Crippen LogP contribution < -0.4 is 26.6 Å². The Morgan fingerprint density at radius 3 is 1.57 bits per heavy atom. The van der Waals surface area contributed by atoms with Crippen molar-refractivity contribution in [2.45, 2.75) is 65.0 Å². The molecule has 0 saturated heterocycles. The zero-order chi connectivity index (χ0) is 22.9. The third-order valence-electron chi connectivity index (χ3n) is 4.17. The van der Waals surface area contributed by atoms with Gasteiger partial charge in [-0.15, -0.1) is 0 Å². The van der Waals surface area contributed by atoms with E-state index in [1.54, 1.807) is 0 Å². The monoisotopic (exact) mass is 429 g/mol. The second-order valence-electron chi connectivity index (χ2n) is 6.95. The number of hydrogen-bond donors (Lipinski definition) is 6. The fraction of sp³-hybridized carbons (Fsp3) is 0.737. The highest BCUT2D eigenvalue weighted by Gasteiger charge is 2.14. The number of carboxylic acids is 1. The minimum absolute atomic E-state index is 0.0289. The molecule has 0 heterocycles. The SMILES string of the molecule is CC[C@H](C)NC(=O)CCC(=O)NCCNCCNC(=O)CCC(=O)N[C@@H](C)C(=O)O. The number of amides is 4. The maximum absolute atomic E-state index is 11.7. The maximum atomic E-state index is 11.7. The minimum Gasteiger partial charge on any atom is -0.480 e. The van der Waals surface area contributed by atoms with Crippen LogP contribution in [0.25, 0.3) is 0 Å². The molecule has 0 rings (SSSR count). The molecule has 2 atom stereocenters. The lowest BCUT2D eigenvalue weighted by Crippen LogP contribution is -2.39. The number of rotatable bonds is 16. The van der Waals surface area contributed by atoms with Crippen LogP contribution >= 0.6 is 0 Å². The molecule has 0 aromatic carbocycles. The van der Waals surface area contributed by atoms with Crippen LogP contribution in [-0.4, -0.2) is 73.0 Å². The van der Waals surface area contributed by atoms with Crippen molar-refractivity contribution < 1.29 is 29.1 Å². The molecule has 0 aromatic heterocycles. The second-order valence-corrected chi connectivity index (χ2v) is 6.95. The Labute approximate surface area is 177 Å². The number of aliphatic carboxylic acids is 1. The van der Waals surface area contributed by atoms with Crippen molar-refractivity contribution in [3.63, 3.8) is 0 Å². The number of nitrogens with one attached hydrogen (secondary N) is 5. The quantitative estimate of drug-likeness (QED) is 0.169. The largest absolute Gasteiger partial charge is 0.480 e. The number of carboxylic acid groups (broad SMARTS) is 1. The lowest BCUT2D eigenvalue weighted by atomic mass is 10.2. The van der Waals surface area contributed by atoms with Crippen molar-refractivity contribution >= 4 is 29.6 Å². The lowest BCUT2D eigenvalue weighted by Gasteiger charge is -2.11. The first-order valence-corrected chi connectivity index (χ1v) is 10.2. The summed E-state index contributed by atoms with van der Waals surface area (Å²) in [7, 11) is 0. The highest BCUT2D eigenvalue weighted by Crippen LogP contribution is 1.93. The molecule has 0 radical (unpaired) electrons. The summed E-state index contributed by atoms with van der Waals surface area (Å²) in [6, 6.07) is -0.893. The molecule has 0 spiro atoms. The fourth-order valence-corrected chi connectivity index (χ4v) is 2.16. The number of carbonyl (C=O) groups is 5. The van der Waals surface area contributed by atoms with Gasteiger partial charge in [-0.1, -0.05) is 6.92 Å². The number of carbonyl (C=O) groups excluding carboxylic acids is 4. The van der Waals surface area contributed by atoms with E-state index < -0.39 is 17.9 Å². The molecule has 0 aliphatic rings. The molecule has 6 N–H and O–H groups in total. The van der Waals surface area contributed by atoms with Gasteiger partial charge in [0.2, 0.25) is 23.6 Å². The number of hydrogen-bond acceptors (Lipinski definition) is 6. The van der Waals surface area contributed by atoms with Crippen LogP contribution in [0.2, 0.25) is 0 Å². The Balaban J connectivity index is 3.63. The van der Waals surface area contributed by atoms with Gasteiger partial charge in [0, 0.05) is 57.9 Å². The van der Waals surface area contributed by atoms with Crippen molar-refractivity contribution in [1.82, 2.24) is 26.6 Å². The third-order valence-corrected chi connectivity index (χ3v) is 4.17. The summed E-state index contributed by atoms with van der Waals surface area (Å²) in [6.45, 7) is 6.99. The molecule has 0 fully saturated rings. The van der Waals surface area contributed by atoms with Gasteiger partial charge in [0.1, 0.15) is 6.04 Å². The smallest absolute Gasteiger partial charge is 0.325 e. The van der Waals surface area contributed by atoms with Gasteiger partial charge >= 0.3 is 5.97 Å². The molecule has 11 nitrogen and oxygen atoms in total. The van der Waals surface area contributed by atoms with Crippen molar-refractivity contribution in [1.29, 1.82) is 0 Å². The second kappa shape index (κ2) is 16.1. The standard InChI is InChI=1S/C19H35N5O6/c1-4-13(2)23-17(27)7-5-15(25)21-11-9-20-10-12-22-16(26)6-8-18(28)24-14(3)19(29)30/h13-14,20H,4-12H2,1-3H3,(H,21,25)(H,22,26)(H,23,27)(H,24,28)(H,29,30)/t13-,14-/m0/s1. The van der Waals surface area contributed by atoms with Gasteiger partial charge in [-0.2, -0.15) is 0 Å². The van der Waals surface area contributed by atoms with Gasteiger partial charge in [-0.05, 0) is 20.3 Å². The van der Waals surface area contributed by atoms with E-state index in [2.05, 4.69) is 26.6 Å². The van der Waals surface area contributed by atoms with E-state index in [1.807, 2.05) is 13.8 Å². The Bertz CT molecular complexity index is 584. The first-order valence-electron chi connectivity index (χ1n) is 10.2. The van der Waals surface area contributed by atoms with Crippen molar-refractivity contribution in [3.05, 3.63) is 0 Å². The van der Waals surface area contributed by atoms with E-state index in [0.717, 1.165) is 6.42 Å². The first-order chi connectivity index (χ1) is 14.1. The fourth-order valence-electron chi connectivity index (χ4n) is 2.16. The minimum atomic E-state index is -1.14. The maximum Gasteiger partial charge on any atom is 0.325 e. The van der Waals surface area contributed by atoms with Crippen LogP contribution in [0.4, 0.5) is 0 Å². The van der Waals surface area contributed by atoms with E-state index in [0.29, 0.717) is 26.2 Å². The predicted molar refractivity (Wildman–Crippen MR) is 110 cm³/mol. The molecular weight excluding hydrogens is 394 g/mol. The molecule has 0 aliphatic carbocycles. The molecule has 4 amide bonds. The topological polar surface area (TPSA) is 166 Å². The highest BCUT2D eigenvalue weighted by atomic mass is 16.4. The Hall–Kier alpha value is -2.69. The van der Waals surface area contributed by atoms with Crippen LogP contribution in [0, 0.1) is 0 Å². The molecule has 0 saturated carbocycles. The third kappa shape index (κ3) is 15.3. The van der Waals surface area contributed by atoms with Gasteiger partial charge in [-0.25, -0.2) is 0 Å². The van der Waals surface area contributed by atoms with Gasteiger partial charge in [0.25, 0.3) is 0 Å². The molecule has 172 valence electrons. The average Bonchev–Trinajstić information content (AvgIpc) is 2.69. The highest BCUT2D eigenvalue weighted by molar-refractivity contribution is 5.86. The van der Waals surface area contributed by atoms with Crippen LogP contribution in [0.3, 0.4) is 0 Å². The zero-order valence-corrected chi connectivity index (χ0v) is 18.0. The van der Waals surface area contributed by atoms with Gasteiger partial charge < -0.3 is 31.7 Å². The summed E-state index contributed by atoms with van der Waals surface area (Å²) in [5.74, 6) is -2.27. The molecule has 0 aliphatic heterocycles. The van der Waals surface area contributed by atoms with Crippen molar-refractivity contribution in [2.75, 3.05) is 26.2 Å². The molecular formula is C19H35N5O6. The first kappa shape index (κ1) is 27.3. The normalized spacial score (nSPS) is 12.4. The summed E-state index contributed by atoms with van der Waals surface area (Å²) in [6.07, 6.45) is 1.02. The Kier molecular flexibility index (Phi) is 14.7. The van der Waals surface area contributed by atoms with Crippen LogP contribution in [0.5, 0.6) is 0 Å².